The molecule has 5 heteroatoms. The summed E-state index contributed by atoms with van der Waals surface area (Å²) in [6.07, 6.45) is 1.23. The highest BCUT2D eigenvalue weighted by molar-refractivity contribution is 5.83. The number of halogens is 1. The van der Waals surface area contributed by atoms with E-state index in [0.717, 1.165) is 12.0 Å². The van der Waals surface area contributed by atoms with Crippen molar-refractivity contribution in [2.45, 2.75) is 32.2 Å². The highest BCUT2D eigenvalue weighted by atomic mass is 19.1. The first-order valence-electron chi connectivity index (χ1n) is 6.97. The van der Waals surface area contributed by atoms with Gasteiger partial charge in [-0.3, -0.25) is 0 Å². The number of anilines is 1. The normalized spacial score (nSPS) is 26.2. The summed E-state index contributed by atoms with van der Waals surface area (Å²) in [5.41, 5.74) is 0.278. The molecule has 2 unspecified atom stereocenters. The average molecular weight is 280 g/mol. The molecule has 1 saturated heterocycles. The Hall–Kier alpha value is -1.62. The highest BCUT2D eigenvalue weighted by Crippen LogP contribution is 2.32. The van der Waals surface area contributed by atoms with Crippen molar-refractivity contribution in [3.63, 3.8) is 0 Å². The van der Waals surface area contributed by atoms with Crippen LogP contribution >= 0.6 is 0 Å². The fourth-order valence-corrected chi connectivity index (χ4v) is 3.00. The molecule has 0 radical (unpaired) electrons. The number of benzene rings is 1. The van der Waals surface area contributed by atoms with E-state index >= 15 is 0 Å². The van der Waals surface area contributed by atoms with Gasteiger partial charge in [-0.05, 0) is 50.1 Å². The Kier molecular flexibility index (Phi) is 4.28. The van der Waals surface area contributed by atoms with Crippen LogP contribution in [0.25, 0.3) is 0 Å². The molecule has 1 heterocycles. The van der Waals surface area contributed by atoms with E-state index in [4.69, 9.17) is 0 Å². The van der Waals surface area contributed by atoms with Gasteiger partial charge in [-0.2, -0.15) is 0 Å². The van der Waals surface area contributed by atoms with E-state index in [-0.39, 0.29) is 11.7 Å². The molecule has 1 aliphatic rings. The lowest BCUT2D eigenvalue weighted by atomic mass is 9.76. The Balaban J connectivity index is 2.35. The number of hydrogen-bond acceptors (Lipinski definition) is 3. The lowest BCUT2D eigenvalue weighted by Crippen LogP contribution is -2.59. The maximum Gasteiger partial charge on any atom is 0.329 e. The summed E-state index contributed by atoms with van der Waals surface area (Å²) in [5.74, 6) is -1.25. The van der Waals surface area contributed by atoms with E-state index in [9.17, 15) is 14.3 Å². The van der Waals surface area contributed by atoms with Gasteiger partial charge in [-0.15, -0.1) is 0 Å². The topological polar surface area (TPSA) is 61.4 Å². The zero-order valence-corrected chi connectivity index (χ0v) is 11.9. The SMILES string of the molecule is CCC1CNCCC1(Nc1cc(C)cc(F)c1)C(=O)O. The molecular formula is C15H21FN2O2. The minimum absolute atomic E-state index is 0.0303. The molecular weight excluding hydrogens is 259 g/mol. The van der Waals surface area contributed by atoms with Crippen LogP contribution in [0.3, 0.4) is 0 Å². The van der Waals surface area contributed by atoms with Crippen LogP contribution in [0.1, 0.15) is 25.3 Å². The van der Waals surface area contributed by atoms with E-state index in [2.05, 4.69) is 10.6 Å². The fourth-order valence-electron chi connectivity index (χ4n) is 3.00. The number of nitrogens with one attached hydrogen (secondary N) is 2. The van der Waals surface area contributed by atoms with Crippen molar-refractivity contribution in [2.75, 3.05) is 18.4 Å². The average Bonchev–Trinajstić information content (AvgIpc) is 2.37. The Bertz CT molecular complexity index is 486. The largest absolute Gasteiger partial charge is 0.479 e. The van der Waals surface area contributed by atoms with Gasteiger partial charge in [-0.1, -0.05) is 6.92 Å². The van der Waals surface area contributed by atoms with Crippen LogP contribution in [-0.4, -0.2) is 29.7 Å². The van der Waals surface area contributed by atoms with Gasteiger partial charge < -0.3 is 15.7 Å². The first-order valence-corrected chi connectivity index (χ1v) is 6.97. The first kappa shape index (κ1) is 14.8. The summed E-state index contributed by atoms with van der Waals surface area (Å²) in [6.45, 7) is 5.07. The summed E-state index contributed by atoms with van der Waals surface area (Å²) in [7, 11) is 0. The van der Waals surface area contributed by atoms with Crippen molar-refractivity contribution < 1.29 is 14.3 Å². The number of rotatable bonds is 4. The van der Waals surface area contributed by atoms with Gasteiger partial charge in [-0.25, -0.2) is 9.18 Å². The van der Waals surface area contributed by atoms with E-state index in [0.29, 0.717) is 25.2 Å². The van der Waals surface area contributed by atoms with Gasteiger partial charge in [0.15, 0.2) is 0 Å². The maximum atomic E-state index is 13.5. The molecule has 1 fully saturated rings. The summed E-state index contributed by atoms with van der Waals surface area (Å²) in [6, 6.07) is 4.56. The number of hydrogen-bond donors (Lipinski definition) is 3. The monoisotopic (exact) mass is 280 g/mol. The van der Waals surface area contributed by atoms with Gasteiger partial charge in [0.2, 0.25) is 0 Å². The third kappa shape index (κ3) is 2.77. The Labute approximate surface area is 118 Å². The first-order chi connectivity index (χ1) is 9.48. The van der Waals surface area contributed by atoms with E-state index < -0.39 is 11.5 Å². The molecule has 1 aromatic rings. The molecule has 1 aliphatic heterocycles. The third-order valence-corrected chi connectivity index (χ3v) is 4.07. The summed E-state index contributed by atoms with van der Waals surface area (Å²) in [4.78, 5) is 11.8. The molecule has 0 bridgehead atoms. The Morgan fingerprint density at radius 1 is 1.55 bits per heavy atom. The van der Waals surface area contributed by atoms with Gasteiger partial charge in [0.05, 0.1) is 0 Å². The molecule has 0 amide bonds. The lowest BCUT2D eigenvalue weighted by Gasteiger charge is -2.42. The number of aryl methyl sites for hydroxylation is 1. The molecule has 3 N–H and O–H groups in total. The molecule has 2 atom stereocenters. The quantitative estimate of drug-likeness (QED) is 0.792. The van der Waals surface area contributed by atoms with Crippen LogP contribution < -0.4 is 10.6 Å². The van der Waals surface area contributed by atoms with Crippen LogP contribution in [0, 0.1) is 18.7 Å². The maximum absolute atomic E-state index is 13.5. The fraction of sp³-hybridized carbons (Fsp3) is 0.533. The second-order valence-electron chi connectivity index (χ2n) is 5.48. The zero-order valence-electron chi connectivity index (χ0n) is 11.9. The van der Waals surface area contributed by atoms with Crippen LogP contribution in [0.15, 0.2) is 18.2 Å². The number of carboxylic acids is 1. The third-order valence-electron chi connectivity index (χ3n) is 4.07. The van der Waals surface area contributed by atoms with Crippen molar-refractivity contribution >= 4 is 11.7 Å². The standard InChI is InChI=1S/C15H21FN2O2/c1-3-11-9-17-5-4-15(11,14(19)20)18-13-7-10(2)6-12(16)8-13/h6-8,11,17-18H,3-5,9H2,1-2H3,(H,19,20). The smallest absolute Gasteiger partial charge is 0.329 e. The number of carboxylic acid groups (broad SMARTS) is 1. The van der Waals surface area contributed by atoms with Gasteiger partial charge in [0.1, 0.15) is 11.4 Å². The van der Waals surface area contributed by atoms with Crippen LogP contribution in [0.4, 0.5) is 10.1 Å². The molecule has 0 aliphatic carbocycles. The van der Waals surface area contributed by atoms with Crippen molar-refractivity contribution in [3.8, 4) is 0 Å². The Morgan fingerprint density at radius 2 is 2.30 bits per heavy atom. The summed E-state index contributed by atoms with van der Waals surface area (Å²) < 4.78 is 13.5. The second kappa shape index (κ2) is 5.79. The van der Waals surface area contributed by atoms with Crippen molar-refractivity contribution in [3.05, 3.63) is 29.6 Å². The predicted molar refractivity (Wildman–Crippen MR) is 76.4 cm³/mol. The highest BCUT2D eigenvalue weighted by Gasteiger charge is 2.46. The Morgan fingerprint density at radius 3 is 2.90 bits per heavy atom. The molecule has 0 aromatic heterocycles. The lowest BCUT2D eigenvalue weighted by molar-refractivity contribution is -0.145. The molecule has 0 spiro atoms. The van der Waals surface area contributed by atoms with Crippen molar-refractivity contribution in [1.29, 1.82) is 0 Å². The van der Waals surface area contributed by atoms with Crippen molar-refractivity contribution in [1.82, 2.24) is 5.32 Å². The molecule has 20 heavy (non-hydrogen) atoms. The van der Waals surface area contributed by atoms with Crippen LogP contribution in [0.2, 0.25) is 0 Å². The summed E-state index contributed by atoms with van der Waals surface area (Å²) in [5, 5.41) is 16.0. The van der Waals surface area contributed by atoms with E-state index in [1.807, 2.05) is 6.92 Å². The number of carbonyl (C=O) groups is 1. The molecule has 1 aromatic carbocycles. The van der Waals surface area contributed by atoms with E-state index in [1.54, 1.807) is 13.0 Å². The summed E-state index contributed by atoms with van der Waals surface area (Å²) >= 11 is 0. The van der Waals surface area contributed by atoms with Gasteiger partial charge in [0, 0.05) is 18.2 Å². The second-order valence-corrected chi connectivity index (χ2v) is 5.48. The molecule has 0 saturated carbocycles. The van der Waals surface area contributed by atoms with Gasteiger partial charge >= 0.3 is 5.97 Å². The van der Waals surface area contributed by atoms with E-state index in [1.165, 1.54) is 12.1 Å². The van der Waals surface area contributed by atoms with Crippen molar-refractivity contribution in [2.24, 2.45) is 5.92 Å². The zero-order chi connectivity index (χ0) is 14.8. The number of aliphatic carboxylic acids is 1. The molecule has 4 nitrogen and oxygen atoms in total. The molecule has 2 rings (SSSR count). The predicted octanol–water partition coefficient (Wildman–Crippen LogP) is 2.39. The minimum Gasteiger partial charge on any atom is -0.479 e. The van der Waals surface area contributed by atoms with Crippen LogP contribution in [-0.2, 0) is 4.79 Å². The van der Waals surface area contributed by atoms with Gasteiger partial charge in [0.25, 0.3) is 0 Å². The van der Waals surface area contributed by atoms with Crippen LogP contribution in [0.5, 0.6) is 0 Å². The number of piperidine rings is 1. The minimum atomic E-state index is -1.03. The molecule has 110 valence electrons.